The van der Waals surface area contributed by atoms with Gasteiger partial charge < -0.3 is 39.4 Å². The number of rotatable bonds is 0. The summed E-state index contributed by atoms with van der Waals surface area (Å²) in [5, 5.41) is 46.1. The Labute approximate surface area is 176 Å². The molecule has 170 valence electrons. The van der Waals surface area contributed by atoms with E-state index in [1.165, 1.54) is 6.92 Å². The first kappa shape index (κ1) is 19.9. The van der Waals surface area contributed by atoms with Gasteiger partial charge in [0, 0.05) is 5.92 Å². The van der Waals surface area contributed by atoms with Crippen molar-refractivity contribution in [1.29, 1.82) is 0 Å². The minimum absolute atomic E-state index is 0.792. The van der Waals surface area contributed by atoms with E-state index in [0.717, 1.165) is 0 Å². The van der Waals surface area contributed by atoms with E-state index in [4.69, 9.17) is 18.9 Å². The van der Waals surface area contributed by atoms with E-state index in [-0.39, 0.29) is 0 Å². The van der Waals surface area contributed by atoms with Gasteiger partial charge in [0.1, 0.15) is 12.2 Å². The quantitative estimate of drug-likeness (QED) is 0.234. The summed E-state index contributed by atoms with van der Waals surface area (Å²) >= 11 is 0. The number of esters is 3. The van der Waals surface area contributed by atoms with Crippen molar-refractivity contribution in [2.75, 3.05) is 0 Å². The molecule has 0 aromatic heterocycles. The summed E-state index contributed by atoms with van der Waals surface area (Å²) < 4.78 is 22.2. The molecule has 4 heterocycles. The molecule has 0 bridgehead atoms. The Morgan fingerprint density at radius 1 is 0.935 bits per heavy atom. The van der Waals surface area contributed by atoms with Crippen LogP contribution in [0.5, 0.6) is 0 Å². The van der Waals surface area contributed by atoms with Gasteiger partial charge in [-0.2, -0.15) is 0 Å². The van der Waals surface area contributed by atoms with Crippen LogP contribution in [0, 0.1) is 28.1 Å². The van der Waals surface area contributed by atoms with E-state index >= 15 is 0 Å². The Morgan fingerprint density at radius 3 is 2.19 bits per heavy atom. The summed E-state index contributed by atoms with van der Waals surface area (Å²) in [5.74, 6) is -5.22. The van der Waals surface area contributed by atoms with Crippen molar-refractivity contribution in [2.45, 2.75) is 75.7 Å². The van der Waals surface area contributed by atoms with Gasteiger partial charge in [-0.05, 0) is 12.3 Å². The molecule has 11 nitrogen and oxygen atoms in total. The fourth-order valence-electron chi connectivity index (χ4n) is 8.27. The number of fused-ring (bicyclic) bond motifs is 1. The van der Waals surface area contributed by atoms with E-state index in [2.05, 4.69) is 0 Å². The Balaban J connectivity index is 1.75. The minimum atomic E-state index is -2.40. The van der Waals surface area contributed by atoms with E-state index < -0.39 is 94.0 Å². The molecule has 0 aromatic rings. The first-order valence-electron chi connectivity index (χ1n) is 10.3. The fourth-order valence-corrected chi connectivity index (χ4v) is 8.27. The number of carbonyl (C=O) groups is 3. The van der Waals surface area contributed by atoms with Crippen molar-refractivity contribution in [3.05, 3.63) is 0 Å². The molecule has 6 fully saturated rings. The molecule has 4 saturated heterocycles. The maximum Gasteiger partial charge on any atom is 0.343 e. The molecule has 4 N–H and O–H groups in total. The van der Waals surface area contributed by atoms with Gasteiger partial charge in [0.25, 0.3) is 0 Å². The highest BCUT2D eigenvalue weighted by molar-refractivity contribution is 5.94. The van der Waals surface area contributed by atoms with Gasteiger partial charge in [-0.25, -0.2) is 9.59 Å². The van der Waals surface area contributed by atoms with Crippen LogP contribution < -0.4 is 0 Å². The SMILES string of the molecule is C[C@H]1C(=O)O[C@H]2[C@@H](O)[C@@]34[C@H]5OC(=O)[C@]3(O[C@H]3OC(=O)[C@@H](O)[C@@]34[C@H](C(C)(C)C)[C@@H]5O)[C@]12O. The maximum atomic E-state index is 13.4. The second-order valence-corrected chi connectivity index (χ2v) is 10.8. The van der Waals surface area contributed by atoms with Crippen molar-refractivity contribution >= 4 is 17.9 Å². The van der Waals surface area contributed by atoms with Gasteiger partial charge in [-0.15, -0.1) is 0 Å². The lowest BCUT2D eigenvalue weighted by Crippen LogP contribution is -2.67. The molecule has 0 amide bonds. The lowest BCUT2D eigenvalue weighted by molar-refractivity contribution is -0.240. The van der Waals surface area contributed by atoms with Crippen LogP contribution in [0.3, 0.4) is 0 Å². The van der Waals surface area contributed by atoms with Crippen molar-refractivity contribution < 1.29 is 53.8 Å². The lowest BCUT2D eigenvalue weighted by atomic mass is 9.51. The number of aliphatic hydroxyl groups is 4. The summed E-state index contributed by atoms with van der Waals surface area (Å²) in [6, 6.07) is 0. The van der Waals surface area contributed by atoms with Crippen LogP contribution in [0.15, 0.2) is 0 Å². The summed E-state index contributed by atoms with van der Waals surface area (Å²) in [7, 11) is 0. The second-order valence-electron chi connectivity index (χ2n) is 10.8. The molecular formula is C20H24O11. The number of carbonyl (C=O) groups excluding carboxylic acids is 3. The highest BCUT2D eigenvalue weighted by Gasteiger charge is 3.05. The third-order valence-electron chi connectivity index (χ3n) is 8.95. The summed E-state index contributed by atoms with van der Waals surface area (Å²) in [4.78, 5) is 38.3. The molecule has 6 rings (SSSR count). The van der Waals surface area contributed by atoms with Crippen LogP contribution in [0.25, 0.3) is 0 Å². The average molecular weight is 440 g/mol. The fraction of sp³-hybridized carbons (Fsp3) is 0.850. The number of aliphatic hydroxyl groups excluding tert-OH is 3. The van der Waals surface area contributed by atoms with Crippen LogP contribution in [0.4, 0.5) is 0 Å². The van der Waals surface area contributed by atoms with Gasteiger partial charge in [0.15, 0.2) is 17.8 Å². The van der Waals surface area contributed by atoms with Crippen molar-refractivity contribution in [3.63, 3.8) is 0 Å². The second kappa shape index (κ2) is 4.91. The normalized spacial score (nSPS) is 61.0. The van der Waals surface area contributed by atoms with E-state index in [1.54, 1.807) is 20.8 Å². The predicted octanol–water partition coefficient (Wildman–Crippen LogP) is -2.40. The van der Waals surface area contributed by atoms with Gasteiger partial charge in [0.05, 0.1) is 22.9 Å². The molecule has 2 saturated carbocycles. The average Bonchev–Trinajstić information content (AvgIpc) is 3.35. The first-order valence-corrected chi connectivity index (χ1v) is 10.3. The molecule has 0 radical (unpaired) electrons. The van der Waals surface area contributed by atoms with E-state index in [0.29, 0.717) is 0 Å². The van der Waals surface area contributed by atoms with Crippen molar-refractivity contribution in [2.24, 2.45) is 28.1 Å². The number of hydrogen-bond donors (Lipinski definition) is 4. The van der Waals surface area contributed by atoms with E-state index in [9.17, 15) is 34.8 Å². The zero-order chi connectivity index (χ0) is 22.7. The molecule has 6 aliphatic rings. The lowest BCUT2D eigenvalue weighted by Gasteiger charge is -2.47. The topological polar surface area (TPSA) is 169 Å². The summed E-state index contributed by atoms with van der Waals surface area (Å²) in [6.07, 6.45) is -9.69. The monoisotopic (exact) mass is 440 g/mol. The Bertz CT molecular complexity index is 957. The smallest absolute Gasteiger partial charge is 0.343 e. The van der Waals surface area contributed by atoms with Crippen LogP contribution >= 0.6 is 0 Å². The summed E-state index contributed by atoms with van der Waals surface area (Å²) in [6.45, 7) is 6.63. The van der Waals surface area contributed by atoms with Gasteiger partial charge >= 0.3 is 17.9 Å². The molecule has 31 heavy (non-hydrogen) atoms. The van der Waals surface area contributed by atoms with Crippen LogP contribution in [-0.2, 0) is 33.3 Å². The molecule has 4 aliphatic heterocycles. The third-order valence-corrected chi connectivity index (χ3v) is 8.95. The molecular weight excluding hydrogens is 416 g/mol. The molecule has 0 unspecified atom stereocenters. The number of hydrogen-bond acceptors (Lipinski definition) is 11. The van der Waals surface area contributed by atoms with Crippen LogP contribution in [0.2, 0.25) is 0 Å². The Hall–Kier alpha value is -1.79. The van der Waals surface area contributed by atoms with E-state index in [1.807, 2.05) is 0 Å². The highest BCUT2D eigenvalue weighted by atomic mass is 16.8. The van der Waals surface area contributed by atoms with Gasteiger partial charge in [-0.3, -0.25) is 4.79 Å². The van der Waals surface area contributed by atoms with Crippen molar-refractivity contribution in [1.82, 2.24) is 0 Å². The standard InChI is InChI=1S/C20H24O11/c1-5-12(24)28-11-8(22)18-10-6(21)7(16(2,3)4)17(18)9(23)13(25)30-15(17)31-20(18,14(26)29-10)19(5,11)27/h5-11,15,21-23,27H,1-4H3/t5-,6-,7-,8+,9+,10-,11-,15+,17-,18-,19-,20+/m0/s1. The molecule has 2 aliphatic carbocycles. The molecule has 0 aromatic carbocycles. The van der Waals surface area contributed by atoms with Crippen LogP contribution in [-0.4, -0.2) is 86.3 Å². The zero-order valence-electron chi connectivity index (χ0n) is 17.3. The maximum absolute atomic E-state index is 13.4. The zero-order valence-corrected chi connectivity index (χ0v) is 17.3. The third kappa shape index (κ3) is 1.43. The van der Waals surface area contributed by atoms with Gasteiger partial charge in [0.2, 0.25) is 11.9 Å². The Kier molecular flexibility index (Phi) is 3.15. The molecule has 11 heteroatoms. The largest absolute Gasteiger partial charge is 0.456 e. The minimum Gasteiger partial charge on any atom is -0.456 e. The van der Waals surface area contributed by atoms with Crippen LogP contribution in [0.1, 0.15) is 27.7 Å². The Morgan fingerprint density at radius 2 is 1.58 bits per heavy atom. The summed E-state index contributed by atoms with van der Waals surface area (Å²) in [5.41, 5.74) is -9.40. The highest BCUT2D eigenvalue weighted by Crippen LogP contribution is 2.84. The predicted molar refractivity (Wildman–Crippen MR) is 93.4 cm³/mol. The number of ether oxygens (including phenoxy) is 4. The molecule has 2 spiro atoms. The first-order chi connectivity index (χ1) is 14.3. The molecule has 12 atom stereocenters. The van der Waals surface area contributed by atoms with Gasteiger partial charge in [-0.1, -0.05) is 20.8 Å². The van der Waals surface area contributed by atoms with Crippen molar-refractivity contribution in [3.8, 4) is 0 Å².